The molecule has 1 rings (SSSR count). The van der Waals surface area contributed by atoms with Gasteiger partial charge in [-0.2, -0.15) is 0 Å². The molecule has 0 saturated carbocycles. The van der Waals surface area contributed by atoms with E-state index in [4.69, 9.17) is 4.74 Å². The summed E-state index contributed by atoms with van der Waals surface area (Å²) in [4.78, 5) is 14.3. The topological polar surface area (TPSA) is 29.5 Å². The van der Waals surface area contributed by atoms with Crippen LogP contribution in [0.15, 0.2) is 0 Å². The number of amides is 1. The van der Waals surface area contributed by atoms with Crippen molar-refractivity contribution >= 4 is 21.8 Å². The van der Waals surface area contributed by atoms with Gasteiger partial charge in [0.25, 0.3) is 0 Å². The third-order valence-corrected chi connectivity index (χ3v) is 4.71. The molecule has 2 unspecified atom stereocenters. The first-order valence-electron chi connectivity index (χ1n) is 8.16. The van der Waals surface area contributed by atoms with Gasteiger partial charge in [0.1, 0.15) is 0 Å². The number of morpholine rings is 1. The molecule has 1 aliphatic heterocycles. The minimum Gasteiger partial charge on any atom is -0.373 e. The summed E-state index contributed by atoms with van der Waals surface area (Å²) < 4.78 is 5.66. The second kappa shape index (κ2) is 10.6. The van der Waals surface area contributed by atoms with Gasteiger partial charge in [0.05, 0.1) is 18.8 Å². The van der Waals surface area contributed by atoms with Gasteiger partial charge < -0.3 is 9.64 Å². The van der Waals surface area contributed by atoms with Crippen LogP contribution in [0.3, 0.4) is 0 Å². The van der Waals surface area contributed by atoms with Crippen LogP contribution in [-0.2, 0) is 9.53 Å². The van der Waals surface area contributed by atoms with Crippen molar-refractivity contribution in [1.29, 1.82) is 0 Å². The summed E-state index contributed by atoms with van der Waals surface area (Å²) in [6.07, 6.45) is 9.66. The van der Waals surface area contributed by atoms with Crippen LogP contribution in [0.4, 0.5) is 0 Å². The van der Waals surface area contributed by atoms with Crippen LogP contribution in [0, 0.1) is 0 Å². The molecule has 2 atom stereocenters. The number of carbonyl (C=O) groups is 1. The number of rotatable bonds is 9. The fourth-order valence-corrected chi connectivity index (χ4v) is 3.03. The lowest BCUT2D eigenvalue weighted by atomic mass is 10.1. The first kappa shape index (κ1) is 18.0. The molecule has 0 aromatic carbocycles. The maximum Gasteiger partial charge on any atom is 0.222 e. The SMILES string of the molecule is CCCCCCCCCC(=O)N1CC(CBr)OCC1C. The third kappa shape index (κ3) is 6.57. The van der Waals surface area contributed by atoms with Crippen LogP contribution in [0.5, 0.6) is 0 Å². The quantitative estimate of drug-likeness (QED) is 0.463. The van der Waals surface area contributed by atoms with E-state index in [-0.39, 0.29) is 12.1 Å². The molecule has 4 heteroatoms. The van der Waals surface area contributed by atoms with E-state index in [0.29, 0.717) is 18.9 Å². The maximum atomic E-state index is 12.3. The Hall–Kier alpha value is -0.0900. The summed E-state index contributed by atoms with van der Waals surface area (Å²) in [5.74, 6) is 0.306. The molecule has 20 heavy (non-hydrogen) atoms. The van der Waals surface area contributed by atoms with Gasteiger partial charge in [0.15, 0.2) is 0 Å². The van der Waals surface area contributed by atoms with Crippen LogP contribution < -0.4 is 0 Å². The third-order valence-electron chi connectivity index (χ3n) is 3.99. The molecule has 118 valence electrons. The van der Waals surface area contributed by atoms with Gasteiger partial charge in [-0.05, 0) is 13.3 Å². The molecule has 0 spiro atoms. The van der Waals surface area contributed by atoms with E-state index in [1.54, 1.807) is 0 Å². The number of ether oxygens (including phenoxy) is 1. The zero-order chi connectivity index (χ0) is 14.8. The van der Waals surface area contributed by atoms with E-state index < -0.39 is 0 Å². The average Bonchev–Trinajstić information content (AvgIpc) is 2.46. The number of nitrogens with zero attached hydrogens (tertiary/aromatic N) is 1. The van der Waals surface area contributed by atoms with Gasteiger partial charge in [-0.3, -0.25) is 4.79 Å². The van der Waals surface area contributed by atoms with Gasteiger partial charge in [0, 0.05) is 18.3 Å². The largest absolute Gasteiger partial charge is 0.373 e. The minimum atomic E-state index is 0.157. The molecule has 0 bridgehead atoms. The number of carbonyl (C=O) groups excluding carboxylic acids is 1. The van der Waals surface area contributed by atoms with Crippen molar-refractivity contribution in [2.75, 3.05) is 18.5 Å². The number of alkyl halides is 1. The molecular weight excluding hydrogens is 318 g/mol. The van der Waals surface area contributed by atoms with E-state index in [1.165, 1.54) is 38.5 Å². The summed E-state index contributed by atoms with van der Waals surface area (Å²) in [6.45, 7) is 5.72. The van der Waals surface area contributed by atoms with Gasteiger partial charge in [-0.25, -0.2) is 0 Å². The van der Waals surface area contributed by atoms with Crippen LogP contribution in [-0.4, -0.2) is 41.4 Å². The number of hydrogen-bond acceptors (Lipinski definition) is 2. The van der Waals surface area contributed by atoms with E-state index >= 15 is 0 Å². The van der Waals surface area contributed by atoms with Crippen molar-refractivity contribution in [1.82, 2.24) is 4.90 Å². The van der Waals surface area contributed by atoms with Crippen LogP contribution in [0.25, 0.3) is 0 Å². The van der Waals surface area contributed by atoms with Crippen molar-refractivity contribution in [3.63, 3.8) is 0 Å². The van der Waals surface area contributed by atoms with Crippen LogP contribution in [0.2, 0.25) is 0 Å². The summed E-state index contributed by atoms with van der Waals surface area (Å²) >= 11 is 3.44. The second-order valence-corrected chi connectivity index (χ2v) is 6.52. The monoisotopic (exact) mass is 347 g/mol. The average molecular weight is 348 g/mol. The fraction of sp³-hybridized carbons (Fsp3) is 0.938. The lowest BCUT2D eigenvalue weighted by Gasteiger charge is -2.37. The van der Waals surface area contributed by atoms with Crippen molar-refractivity contribution < 1.29 is 9.53 Å². The van der Waals surface area contributed by atoms with Gasteiger partial charge >= 0.3 is 0 Å². The molecule has 0 N–H and O–H groups in total. The van der Waals surface area contributed by atoms with E-state index in [1.807, 2.05) is 4.90 Å². The van der Waals surface area contributed by atoms with Crippen molar-refractivity contribution in [3.8, 4) is 0 Å². The fourth-order valence-electron chi connectivity index (χ4n) is 2.64. The molecule has 0 aromatic heterocycles. The Morgan fingerprint density at radius 1 is 1.20 bits per heavy atom. The highest BCUT2D eigenvalue weighted by molar-refractivity contribution is 9.09. The molecule has 1 fully saturated rings. The predicted molar refractivity (Wildman–Crippen MR) is 87.3 cm³/mol. The molecule has 1 heterocycles. The van der Waals surface area contributed by atoms with Crippen LogP contribution >= 0.6 is 15.9 Å². The Bertz CT molecular complexity index is 273. The summed E-state index contributed by atoms with van der Waals surface area (Å²) in [5.41, 5.74) is 0. The molecule has 0 aliphatic carbocycles. The number of unbranched alkanes of at least 4 members (excludes halogenated alkanes) is 6. The first-order chi connectivity index (χ1) is 9.69. The highest BCUT2D eigenvalue weighted by Gasteiger charge is 2.28. The normalized spacial score (nSPS) is 23.1. The molecule has 3 nitrogen and oxygen atoms in total. The Kier molecular flexibility index (Phi) is 9.53. The Labute approximate surface area is 132 Å². The Morgan fingerprint density at radius 2 is 1.85 bits per heavy atom. The maximum absolute atomic E-state index is 12.3. The minimum absolute atomic E-state index is 0.157. The molecule has 1 amide bonds. The molecule has 0 aromatic rings. The standard InChI is InChI=1S/C16H30BrNO2/c1-3-4-5-6-7-8-9-10-16(19)18-12-15(11-17)20-13-14(18)2/h14-15H,3-13H2,1-2H3. The molecular formula is C16H30BrNO2. The first-order valence-corrected chi connectivity index (χ1v) is 9.28. The highest BCUT2D eigenvalue weighted by atomic mass is 79.9. The predicted octanol–water partition coefficient (Wildman–Crippen LogP) is 4.14. The van der Waals surface area contributed by atoms with E-state index in [2.05, 4.69) is 29.8 Å². The van der Waals surface area contributed by atoms with E-state index in [0.717, 1.165) is 18.3 Å². The zero-order valence-electron chi connectivity index (χ0n) is 13.1. The van der Waals surface area contributed by atoms with Crippen molar-refractivity contribution in [2.45, 2.75) is 77.4 Å². The lowest BCUT2D eigenvalue weighted by Crippen LogP contribution is -2.51. The second-order valence-electron chi connectivity index (χ2n) is 5.88. The molecule has 1 saturated heterocycles. The van der Waals surface area contributed by atoms with Gasteiger partial charge in [-0.15, -0.1) is 0 Å². The lowest BCUT2D eigenvalue weighted by molar-refractivity contribution is -0.143. The van der Waals surface area contributed by atoms with Crippen LogP contribution in [0.1, 0.15) is 65.2 Å². The molecule has 0 radical (unpaired) electrons. The van der Waals surface area contributed by atoms with Gasteiger partial charge in [0.2, 0.25) is 5.91 Å². The van der Waals surface area contributed by atoms with Crippen molar-refractivity contribution in [3.05, 3.63) is 0 Å². The molecule has 1 aliphatic rings. The smallest absolute Gasteiger partial charge is 0.222 e. The summed E-state index contributed by atoms with van der Waals surface area (Å²) in [6, 6.07) is 0.224. The number of halogens is 1. The summed E-state index contributed by atoms with van der Waals surface area (Å²) in [5, 5.41) is 0.806. The Morgan fingerprint density at radius 3 is 2.50 bits per heavy atom. The Balaban J connectivity index is 2.14. The highest BCUT2D eigenvalue weighted by Crippen LogP contribution is 2.16. The zero-order valence-corrected chi connectivity index (χ0v) is 14.7. The van der Waals surface area contributed by atoms with Crippen molar-refractivity contribution in [2.24, 2.45) is 0 Å². The number of hydrogen-bond donors (Lipinski definition) is 0. The van der Waals surface area contributed by atoms with E-state index in [9.17, 15) is 4.79 Å². The van der Waals surface area contributed by atoms with Gasteiger partial charge in [-0.1, -0.05) is 61.4 Å². The summed E-state index contributed by atoms with van der Waals surface area (Å²) in [7, 11) is 0.